The molecule has 82 valence electrons. The topological polar surface area (TPSA) is 35.5 Å². The van der Waals surface area contributed by atoms with E-state index in [0.29, 0.717) is 10.8 Å². The van der Waals surface area contributed by atoms with Gasteiger partial charge in [0, 0.05) is 5.02 Å². The molecule has 0 aliphatic heterocycles. The highest BCUT2D eigenvalue weighted by Crippen LogP contribution is 2.17. The van der Waals surface area contributed by atoms with Gasteiger partial charge in [-0.25, -0.2) is 0 Å². The Kier molecular flexibility index (Phi) is 4.43. The molecular weight excluding hydrogens is 216 g/mol. The fourth-order valence-corrected chi connectivity index (χ4v) is 1.23. The SMILES string of the molecule is COC(=O)C(C)COc1cccc(Cl)c1. The molecule has 0 spiro atoms. The number of hydrogen-bond donors (Lipinski definition) is 0. The van der Waals surface area contributed by atoms with Gasteiger partial charge in [0.1, 0.15) is 12.4 Å². The zero-order chi connectivity index (χ0) is 11.3. The minimum Gasteiger partial charge on any atom is -0.493 e. The molecule has 0 saturated heterocycles. The largest absolute Gasteiger partial charge is 0.493 e. The van der Waals surface area contributed by atoms with Crippen LogP contribution in [0.4, 0.5) is 0 Å². The van der Waals surface area contributed by atoms with Crippen LogP contribution < -0.4 is 4.74 Å². The summed E-state index contributed by atoms with van der Waals surface area (Å²) < 4.78 is 9.97. The molecule has 15 heavy (non-hydrogen) atoms. The number of esters is 1. The fraction of sp³-hybridized carbons (Fsp3) is 0.364. The first-order valence-corrected chi connectivity index (χ1v) is 4.97. The Balaban J connectivity index is 2.47. The minimum atomic E-state index is -0.283. The van der Waals surface area contributed by atoms with Gasteiger partial charge in [-0.3, -0.25) is 4.79 Å². The number of halogens is 1. The van der Waals surface area contributed by atoms with Gasteiger partial charge in [-0.15, -0.1) is 0 Å². The van der Waals surface area contributed by atoms with E-state index in [-0.39, 0.29) is 18.5 Å². The van der Waals surface area contributed by atoms with Gasteiger partial charge in [0.15, 0.2) is 0 Å². The Hall–Kier alpha value is -1.22. The third-order valence-corrected chi connectivity index (χ3v) is 2.13. The smallest absolute Gasteiger partial charge is 0.311 e. The summed E-state index contributed by atoms with van der Waals surface area (Å²) in [6, 6.07) is 7.04. The maximum Gasteiger partial charge on any atom is 0.311 e. The van der Waals surface area contributed by atoms with E-state index in [1.807, 2.05) is 0 Å². The first kappa shape index (κ1) is 11.9. The van der Waals surface area contributed by atoms with Crippen molar-refractivity contribution in [3.05, 3.63) is 29.3 Å². The van der Waals surface area contributed by atoms with Gasteiger partial charge < -0.3 is 9.47 Å². The van der Waals surface area contributed by atoms with Gasteiger partial charge in [-0.05, 0) is 25.1 Å². The van der Waals surface area contributed by atoms with Crippen molar-refractivity contribution >= 4 is 17.6 Å². The number of ether oxygens (including phenoxy) is 2. The van der Waals surface area contributed by atoms with Gasteiger partial charge in [0.25, 0.3) is 0 Å². The number of methoxy groups -OCH3 is 1. The van der Waals surface area contributed by atoms with Crippen LogP contribution in [-0.2, 0) is 9.53 Å². The van der Waals surface area contributed by atoms with Crippen LogP contribution >= 0.6 is 11.6 Å². The molecule has 0 aliphatic rings. The van der Waals surface area contributed by atoms with Crippen LogP contribution in [0.3, 0.4) is 0 Å². The van der Waals surface area contributed by atoms with E-state index in [2.05, 4.69) is 4.74 Å². The number of benzene rings is 1. The lowest BCUT2D eigenvalue weighted by atomic mass is 10.2. The second kappa shape index (κ2) is 5.61. The summed E-state index contributed by atoms with van der Waals surface area (Å²) in [5.74, 6) is 0.0873. The van der Waals surface area contributed by atoms with E-state index < -0.39 is 0 Å². The summed E-state index contributed by atoms with van der Waals surface area (Å²) in [5.41, 5.74) is 0. The molecule has 4 heteroatoms. The Morgan fingerprint density at radius 1 is 1.53 bits per heavy atom. The Morgan fingerprint density at radius 3 is 2.87 bits per heavy atom. The third kappa shape index (κ3) is 3.80. The van der Waals surface area contributed by atoms with E-state index in [0.717, 1.165) is 0 Å². The monoisotopic (exact) mass is 228 g/mol. The van der Waals surface area contributed by atoms with Gasteiger partial charge in [0.2, 0.25) is 0 Å². The average molecular weight is 229 g/mol. The molecule has 1 unspecified atom stereocenters. The van der Waals surface area contributed by atoms with Gasteiger partial charge in [0.05, 0.1) is 13.0 Å². The zero-order valence-corrected chi connectivity index (χ0v) is 9.45. The Morgan fingerprint density at radius 2 is 2.27 bits per heavy atom. The molecule has 0 aliphatic carbocycles. The second-order valence-corrected chi connectivity index (χ2v) is 3.63. The van der Waals surface area contributed by atoms with Crippen molar-refractivity contribution in [1.82, 2.24) is 0 Å². The van der Waals surface area contributed by atoms with Crippen LogP contribution in [0, 0.1) is 5.92 Å². The maximum atomic E-state index is 11.1. The Bertz CT molecular complexity index is 338. The van der Waals surface area contributed by atoms with Crippen LogP contribution in [0.1, 0.15) is 6.92 Å². The number of rotatable bonds is 4. The van der Waals surface area contributed by atoms with Crippen molar-refractivity contribution in [2.24, 2.45) is 5.92 Å². The van der Waals surface area contributed by atoms with Crippen LogP contribution in [0.25, 0.3) is 0 Å². The maximum absolute atomic E-state index is 11.1. The standard InChI is InChI=1S/C11H13ClO3/c1-8(11(13)14-2)7-15-10-5-3-4-9(12)6-10/h3-6,8H,7H2,1-2H3. The summed E-state index contributed by atoms with van der Waals surface area (Å²) >= 11 is 5.78. The predicted octanol–water partition coefficient (Wildman–Crippen LogP) is 2.53. The number of carbonyl (C=O) groups excluding carboxylic acids is 1. The molecule has 1 rings (SSSR count). The molecule has 1 aromatic carbocycles. The van der Waals surface area contributed by atoms with Crippen molar-refractivity contribution in [2.45, 2.75) is 6.92 Å². The quantitative estimate of drug-likeness (QED) is 0.743. The molecule has 0 heterocycles. The minimum absolute atomic E-state index is 0.281. The normalized spacial score (nSPS) is 11.9. The summed E-state index contributed by atoms with van der Waals surface area (Å²) in [7, 11) is 1.36. The molecular formula is C11H13ClO3. The molecule has 0 bridgehead atoms. The first-order chi connectivity index (χ1) is 7.13. The van der Waals surface area contributed by atoms with Crippen LogP contribution in [0.2, 0.25) is 5.02 Å². The van der Waals surface area contributed by atoms with Crippen LogP contribution in [0.15, 0.2) is 24.3 Å². The Labute approximate surface area is 93.9 Å². The van der Waals surface area contributed by atoms with Crippen LogP contribution in [0.5, 0.6) is 5.75 Å². The van der Waals surface area contributed by atoms with Gasteiger partial charge in [-0.1, -0.05) is 17.7 Å². The molecule has 0 aromatic heterocycles. The molecule has 0 fully saturated rings. The second-order valence-electron chi connectivity index (χ2n) is 3.19. The molecule has 0 N–H and O–H groups in total. The van der Waals surface area contributed by atoms with Crippen molar-refractivity contribution in [1.29, 1.82) is 0 Å². The zero-order valence-electron chi connectivity index (χ0n) is 8.70. The van der Waals surface area contributed by atoms with E-state index in [1.165, 1.54) is 7.11 Å². The predicted molar refractivity (Wildman–Crippen MR) is 58.1 cm³/mol. The summed E-state index contributed by atoms with van der Waals surface area (Å²) in [4.78, 5) is 11.1. The first-order valence-electron chi connectivity index (χ1n) is 4.59. The molecule has 0 amide bonds. The highest BCUT2D eigenvalue weighted by atomic mass is 35.5. The van der Waals surface area contributed by atoms with Crippen LogP contribution in [-0.4, -0.2) is 19.7 Å². The number of carbonyl (C=O) groups is 1. The molecule has 0 saturated carbocycles. The lowest BCUT2D eigenvalue weighted by Crippen LogP contribution is -2.19. The number of hydrogen-bond acceptors (Lipinski definition) is 3. The van der Waals surface area contributed by atoms with Crippen molar-refractivity contribution < 1.29 is 14.3 Å². The summed E-state index contributed by atoms with van der Waals surface area (Å²) in [5, 5.41) is 0.609. The van der Waals surface area contributed by atoms with Gasteiger partial charge in [-0.2, -0.15) is 0 Å². The van der Waals surface area contributed by atoms with E-state index in [1.54, 1.807) is 31.2 Å². The van der Waals surface area contributed by atoms with Crippen molar-refractivity contribution in [3.8, 4) is 5.75 Å². The third-order valence-electron chi connectivity index (χ3n) is 1.90. The molecule has 1 aromatic rings. The van der Waals surface area contributed by atoms with Crippen molar-refractivity contribution in [2.75, 3.05) is 13.7 Å². The van der Waals surface area contributed by atoms with E-state index in [9.17, 15) is 4.79 Å². The molecule has 0 radical (unpaired) electrons. The lowest BCUT2D eigenvalue weighted by molar-refractivity contribution is -0.145. The fourth-order valence-electron chi connectivity index (χ4n) is 1.05. The molecule has 3 nitrogen and oxygen atoms in total. The highest BCUT2D eigenvalue weighted by Gasteiger charge is 2.13. The van der Waals surface area contributed by atoms with Crippen molar-refractivity contribution in [3.63, 3.8) is 0 Å². The van der Waals surface area contributed by atoms with E-state index >= 15 is 0 Å². The lowest BCUT2D eigenvalue weighted by Gasteiger charge is -2.10. The molecule has 1 atom stereocenters. The highest BCUT2D eigenvalue weighted by molar-refractivity contribution is 6.30. The average Bonchev–Trinajstić information content (AvgIpc) is 2.25. The summed E-state index contributed by atoms with van der Waals surface area (Å²) in [6.07, 6.45) is 0. The van der Waals surface area contributed by atoms with E-state index in [4.69, 9.17) is 16.3 Å². The summed E-state index contributed by atoms with van der Waals surface area (Å²) in [6.45, 7) is 2.03. The van der Waals surface area contributed by atoms with Gasteiger partial charge >= 0.3 is 5.97 Å².